The van der Waals surface area contributed by atoms with Gasteiger partial charge in [-0.2, -0.15) is 0 Å². The van der Waals surface area contributed by atoms with Crippen LogP contribution in [0.1, 0.15) is 70.4 Å². The van der Waals surface area contributed by atoms with Gasteiger partial charge in [0.25, 0.3) is 0 Å². The van der Waals surface area contributed by atoms with E-state index >= 15 is 0 Å². The second-order valence-electron chi connectivity index (χ2n) is 13.9. The summed E-state index contributed by atoms with van der Waals surface area (Å²) in [5.74, 6) is -0.355. The third kappa shape index (κ3) is 7.30. The van der Waals surface area contributed by atoms with E-state index in [1.54, 1.807) is 6.07 Å². The standard InChI is InChI=1S/C23H20ClNO3.C21H17BrClNO/c1-14-10-15(12-16(24)11-14)23(2)13-21(25-28-23)19-8-9-20(22(26)27-3)18-7-5-4-6-17(18)19;1-13-9-14(11-15(23)10-13)21(2)12-20(24-25-21)18-7-8-19(22)17-6-4-3-5-16(17)18/h4-12H,13H2,1-3H3;3-11H,12H2,1-2H3. The molecule has 6 nitrogen and oxygen atoms in total. The molecule has 0 saturated heterocycles. The zero-order valence-electron chi connectivity index (χ0n) is 30.0. The molecule has 0 aliphatic carbocycles. The van der Waals surface area contributed by atoms with Crippen molar-refractivity contribution in [3.63, 3.8) is 0 Å². The Kier molecular flexibility index (Phi) is 10.1. The van der Waals surface area contributed by atoms with Gasteiger partial charge in [-0.15, -0.1) is 0 Å². The Bertz CT molecular complexity index is 2440. The number of halogens is 3. The third-order valence-electron chi connectivity index (χ3n) is 9.85. The molecule has 0 bridgehead atoms. The average Bonchev–Trinajstić information content (AvgIpc) is 3.75. The lowest BCUT2D eigenvalue weighted by molar-refractivity contribution is -0.00759. The van der Waals surface area contributed by atoms with Crippen molar-refractivity contribution < 1.29 is 19.2 Å². The molecule has 2 aliphatic heterocycles. The zero-order chi connectivity index (χ0) is 37.5. The summed E-state index contributed by atoms with van der Waals surface area (Å²) in [6.45, 7) is 8.13. The maximum Gasteiger partial charge on any atom is 0.338 e. The normalized spacial score (nSPS) is 19.2. The fraction of sp³-hybridized carbons (Fsp3) is 0.205. The van der Waals surface area contributed by atoms with E-state index < -0.39 is 11.2 Å². The first-order valence-electron chi connectivity index (χ1n) is 17.2. The van der Waals surface area contributed by atoms with E-state index in [0.717, 1.165) is 65.1 Å². The van der Waals surface area contributed by atoms with Crippen molar-refractivity contribution in [2.45, 2.75) is 51.7 Å². The van der Waals surface area contributed by atoms with E-state index in [-0.39, 0.29) is 5.97 Å². The lowest BCUT2D eigenvalue weighted by atomic mass is 9.87. The van der Waals surface area contributed by atoms with E-state index in [0.29, 0.717) is 23.4 Å². The molecule has 0 radical (unpaired) electrons. The van der Waals surface area contributed by atoms with Crippen molar-refractivity contribution >= 4 is 78.1 Å². The summed E-state index contributed by atoms with van der Waals surface area (Å²) < 4.78 is 6.00. The Labute approximate surface area is 327 Å². The van der Waals surface area contributed by atoms with E-state index in [1.807, 2.05) is 87.5 Å². The number of fused-ring (bicyclic) bond motifs is 2. The number of aryl methyl sites for hydroxylation is 2. The smallest absolute Gasteiger partial charge is 0.338 e. The molecule has 6 aromatic carbocycles. The first kappa shape index (κ1) is 36.7. The summed E-state index contributed by atoms with van der Waals surface area (Å²) in [5, 5.41) is 14.4. The van der Waals surface area contributed by atoms with Crippen LogP contribution >= 0.6 is 39.1 Å². The molecule has 9 heteroatoms. The molecule has 0 amide bonds. The lowest BCUT2D eigenvalue weighted by Gasteiger charge is -2.22. The minimum absolute atomic E-state index is 0.355. The summed E-state index contributed by atoms with van der Waals surface area (Å²) in [6, 6.07) is 35.9. The van der Waals surface area contributed by atoms with Gasteiger partial charge in [-0.25, -0.2) is 4.79 Å². The monoisotopic (exact) mass is 806 g/mol. The second kappa shape index (κ2) is 14.6. The summed E-state index contributed by atoms with van der Waals surface area (Å²) in [5.41, 5.74) is 7.55. The van der Waals surface area contributed by atoms with Crippen LogP contribution in [-0.4, -0.2) is 24.5 Å². The van der Waals surface area contributed by atoms with Crippen LogP contribution in [0.15, 0.2) is 124 Å². The highest BCUT2D eigenvalue weighted by atomic mass is 79.9. The Morgan fingerprint density at radius 3 is 1.60 bits per heavy atom. The maximum atomic E-state index is 12.1. The zero-order valence-corrected chi connectivity index (χ0v) is 33.1. The number of carbonyl (C=O) groups is 1. The molecule has 0 fully saturated rings. The number of benzene rings is 6. The fourth-order valence-corrected chi connectivity index (χ4v) is 8.17. The van der Waals surface area contributed by atoms with Crippen molar-refractivity contribution in [2.75, 3.05) is 7.11 Å². The van der Waals surface area contributed by atoms with Gasteiger partial charge in [0.1, 0.15) is 0 Å². The number of rotatable bonds is 5. The van der Waals surface area contributed by atoms with Gasteiger partial charge in [-0.05, 0) is 108 Å². The summed E-state index contributed by atoms with van der Waals surface area (Å²) in [7, 11) is 1.39. The fourth-order valence-electron chi connectivity index (χ4n) is 7.11. The van der Waals surface area contributed by atoms with Crippen LogP contribution in [0.25, 0.3) is 21.5 Å². The van der Waals surface area contributed by atoms with E-state index in [2.05, 4.69) is 69.6 Å². The van der Waals surface area contributed by atoms with Gasteiger partial charge in [0.15, 0.2) is 11.2 Å². The molecule has 53 heavy (non-hydrogen) atoms. The van der Waals surface area contributed by atoms with Gasteiger partial charge in [0, 0.05) is 38.5 Å². The highest BCUT2D eigenvalue weighted by Crippen LogP contribution is 2.41. The predicted octanol–water partition coefficient (Wildman–Crippen LogP) is 12.2. The molecule has 0 saturated carbocycles. The molecule has 0 N–H and O–H groups in total. The molecule has 6 aromatic rings. The SMILES string of the molecule is COC(=O)c1ccc(C2=NOC(C)(c3cc(C)cc(Cl)c3)C2)c2ccccc12.Cc1cc(Cl)cc(C2(C)CC(c3ccc(Br)c4ccccc34)=NO2)c1. The summed E-state index contributed by atoms with van der Waals surface area (Å²) >= 11 is 16.1. The van der Waals surface area contributed by atoms with E-state index in [1.165, 1.54) is 17.9 Å². The Hall–Kier alpha value is -4.69. The van der Waals surface area contributed by atoms with E-state index in [4.69, 9.17) is 37.6 Å². The number of hydrogen-bond acceptors (Lipinski definition) is 6. The van der Waals surface area contributed by atoms with Crippen LogP contribution < -0.4 is 0 Å². The molecule has 0 spiro atoms. The minimum Gasteiger partial charge on any atom is -0.465 e. The highest BCUT2D eigenvalue weighted by Gasteiger charge is 2.39. The maximum absolute atomic E-state index is 12.1. The Balaban J connectivity index is 0.000000165. The van der Waals surface area contributed by atoms with Crippen LogP contribution in [0.2, 0.25) is 10.0 Å². The lowest BCUT2D eigenvalue weighted by Crippen LogP contribution is -2.22. The molecule has 2 unspecified atom stereocenters. The minimum atomic E-state index is -0.590. The van der Waals surface area contributed by atoms with E-state index in [9.17, 15) is 4.79 Å². The second-order valence-corrected chi connectivity index (χ2v) is 15.7. The molecular formula is C44H37BrCl2N2O4. The van der Waals surface area contributed by atoms with Gasteiger partial charge in [-0.3, -0.25) is 0 Å². The van der Waals surface area contributed by atoms with Crippen LogP contribution in [0.4, 0.5) is 0 Å². The van der Waals surface area contributed by atoms with Crippen molar-refractivity contribution in [1.29, 1.82) is 0 Å². The number of esters is 1. The predicted molar refractivity (Wildman–Crippen MR) is 218 cm³/mol. The number of methoxy groups -OCH3 is 1. The van der Waals surface area contributed by atoms with Crippen molar-refractivity contribution in [3.8, 4) is 0 Å². The average molecular weight is 809 g/mol. The number of carbonyl (C=O) groups excluding carboxylic acids is 1. The van der Waals surface area contributed by atoms with Gasteiger partial charge in [-0.1, -0.05) is 122 Å². The van der Waals surface area contributed by atoms with Crippen molar-refractivity contribution in [2.24, 2.45) is 10.3 Å². The van der Waals surface area contributed by atoms with Gasteiger partial charge in [0.2, 0.25) is 0 Å². The summed E-state index contributed by atoms with van der Waals surface area (Å²) in [6.07, 6.45) is 1.31. The number of ether oxygens (including phenoxy) is 1. The van der Waals surface area contributed by atoms with Crippen LogP contribution in [0, 0.1) is 13.8 Å². The number of oxime groups is 2. The van der Waals surface area contributed by atoms with Gasteiger partial charge < -0.3 is 14.4 Å². The molecule has 268 valence electrons. The third-order valence-corrected chi connectivity index (χ3v) is 11.0. The topological polar surface area (TPSA) is 69.5 Å². The highest BCUT2D eigenvalue weighted by molar-refractivity contribution is 9.10. The first-order chi connectivity index (χ1) is 25.4. The number of hydrogen-bond donors (Lipinski definition) is 0. The Morgan fingerprint density at radius 1 is 0.660 bits per heavy atom. The Morgan fingerprint density at radius 2 is 1.11 bits per heavy atom. The molecule has 2 heterocycles. The number of nitrogens with zero attached hydrogens (tertiary/aromatic N) is 2. The first-order valence-corrected chi connectivity index (χ1v) is 18.8. The van der Waals surface area contributed by atoms with Gasteiger partial charge >= 0.3 is 5.97 Å². The largest absolute Gasteiger partial charge is 0.465 e. The molecule has 2 aliphatic rings. The molecular weight excluding hydrogens is 771 g/mol. The van der Waals surface area contributed by atoms with Crippen molar-refractivity contribution in [1.82, 2.24) is 0 Å². The van der Waals surface area contributed by atoms with Crippen LogP contribution in [-0.2, 0) is 25.6 Å². The quantitative estimate of drug-likeness (QED) is 0.163. The van der Waals surface area contributed by atoms with Crippen molar-refractivity contribution in [3.05, 3.63) is 163 Å². The summed E-state index contributed by atoms with van der Waals surface area (Å²) in [4.78, 5) is 23.9. The molecule has 8 rings (SSSR count). The van der Waals surface area contributed by atoms with Gasteiger partial charge in [0.05, 0.1) is 24.1 Å². The molecule has 2 atom stereocenters. The molecule has 0 aromatic heterocycles. The van der Waals surface area contributed by atoms with Crippen LogP contribution in [0.5, 0.6) is 0 Å². The van der Waals surface area contributed by atoms with Crippen LogP contribution in [0.3, 0.4) is 0 Å².